The van der Waals surface area contributed by atoms with Crippen molar-refractivity contribution in [1.29, 1.82) is 0 Å². The molecule has 0 radical (unpaired) electrons. The van der Waals surface area contributed by atoms with Crippen molar-refractivity contribution in [3.05, 3.63) is 47.8 Å². The lowest BCUT2D eigenvalue weighted by Gasteiger charge is -2.17. The van der Waals surface area contributed by atoms with E-state index >= 15 is 0 Å². The topological polar surface area (TPSA) is 29.9 Å². The third-order valence-corrected chi connectivity index (χ3v) is 4.27. The van der Waals surface area contributed by atoms with E-state index in [1.165, 1.54) is 16.0 Å². The van der Waals surface area contributed by atoms with Crippen LogP contribution in [-0.4, -0.2) is 22.1 Å². The van der Waals surface area contributed by atoms with Crippen LogP contribution in [0.15, 0.2) is 41.6 Å². The highest BCUT2D eigenvalue weighted by atomic mass is 32.2. The summed E-state index contributed by atoms with van der Waals surface area (Å²) in [6, 6.07) is 9.10. The molecule has 21 heavy (non-hydrogen) atoms. The Hall–Kier alpha value is -1.26. The van der Waals surface area contributed by atoms with Crippen molar-refractivity contribution >= 4 is 11.8 Å². The van der Waals surface area contributed by atoms with Gasteiger partial charge in [-0.2, -0.15) is 5.10 Å². The first-order valence-electron chi connectivity index (χ1n) is 7.77. The number of benzene rings is 1. The van der Waals surface area contributed by atoms with E-state index in [2.05, 4.69) is 61.6 Å². The van der Waals surface area contributed by atoms with E-state index in [4.69, 9.17) is 0 Å². The monoisotopic (exact) mass is 303 g/mol. The van der Waals surface area contributed by atoms with Gasteiger partial charge in [-0.1, -0.05) is 32.9 Å². The van der Waals surface area contributed by atoms with Crippen LogP contribution >= 0.6 is 11.8 Å². The number of aromatic nitrogens is 2. The van der Waals surface area contributed by atoms with Gasteiger partial charge in [0, 0.05) is 23.2 Å². The largest absolute Gasteiger partial charge is 0.306 e. The summed E-state index contributed by atoms with van der Waals surface area (Å²) in [5.74, 6) is 1.11. The van der Waals surface area contributed by atoms with Crippen molar-refractivity contribution < 1.29 is 0 Å². The molecule has 0 saturated carbocycles. The van der Waals surface area contributed by atoms with E-state index in [-0.39, 0.29) is 6.04 Å². The van der Waals surface area contributed by atoms with Crippen LogP contribution in [0.5, 0.6) is 0 Å². The number of aryl methyl sites for hydroxylation is 1. The predicted molar refractivity (Wildman–Crippen MR) is 90.9 cm³/mol. The maximum absolute atomic E-state index is 4.45. The van der Waals surface area contributed by atoms with E-state index in [1.807, 2.05) is 22.6 Å². The molecule has 2 rings (SSSR count). The van der Waals surface area contributed by atoms with Crippen LogP contribution in [0.3, 0.4) is 0 Å². The molecule has 114 valence electrons. The molecule has 4 heteroatoms. The number of nitrogens with one attached hydrogen (secondary N) is 1. The molecule has 1 unspecified atom stereocenters. The van der Waals surface area contributed by atoms with Crippen molar-refractivity contribution in [3.63, 3.8) is 0 Å². The minimum absolute atomic E-state index is 0.223. The highest BCUT2D eigenvalue weighted by Crippen LogP contribution is 2.25. The van der Waals surface area contributed by atoms with Crippen LogP contribution in [0.25, 0.3) is 0 Å². The summed E-state index contributed by atoms with van der Waals surface area (Å²) in [5.41, 5.74) is 2.54. The quantitative estimate of drug-likeness (QED) is 0.745. The Morgan fingerprint density at radius 3 is 2.52 bits per heavy atom. The molecule has 1 N–H and O–H groups in total. The molecule has 0 fully saturated rings. The summed E-state index contributed by atoms with van der Waals surface area (Å²) < 4.78 is 2.03. The number of nitrogens with zero attached hydrogens (tertiary/aromatic N) is 2. The molecular formula is C17H25N3S. The zero-order valence-corrected chi connectivity index (χ0v) is 14.0. The molecule has 3 nitrogen and oxygen atoms in total. The Balaban J connectivity index is 2.20. The first-order chi connectivity index (χ1) is 10.3. The van der Waals surface area contributed by atoms with Crippen LogP contribution in [0.1, 0.15) is 44.4 Å². The van der Waals surface area contributed by atoms with Crippen LogP contribution < -0.4 is 5.32 Å². The molecule has 0 amide bonds. The van der Waals surface area contributed by atoms with Gasteiger partial charge in [0.25, 0.3) is 0 Å². The fourth-order valence-electron chi connectivity index (χ4n) is 2.44. The predicted octanol–water partition coefficient (Wildman–Crippen LogP) is 4.10. The smallest absolute Gasteiger partial charge is 0.0607 e. The van der Waals surface area contributed by atoms with Crippen molar-refractivity contribution in [2.24, 2.45) is 0 Å². The van der Waals surface area contributed by atoms with E-state index in [9.17, 15) is 0 Å². The van der Waals surface area contributed by atoms with Crippen LogP contribution in [0, 0.1) is 0 Å². The lowest BCUT2D eigenvalue weighted by Crippen LogP contribution is -2.21. The minimum Gasteiger partial charge on any atom is -0.306 e. The zero-order chi connectivity index (χ0) is 15.1. The summed E-state index contributed by atoms with van der Waals surface area (Å²) in [7, 11) is 0. The highest BCUT2D eigenvalue weighted by molar-refractivity contribution is 7.99. The van der Waals surface area contributed by atoms with Crippen molar-refractivity contribution in [1.82, 2.24) is 15.1 Å². The number of thioether (sulfide) groups is 1. The van der Waals surface area contributed by atoms with Gasteiger partial charge in [0.1, 0.15) is 0 Å². The molecule has 0 aliphatic carbocycles. The molecule has 0 aliphatic heterocycles. The molecule has 0 spiro atoms. The van der Waals surface area contributed by atoms with E-state index < -0.39 is 0 Å². The Morgan fingerprint density at radius 1 is 1.14 bits per heavy atom. The number of hydrogen-bond donors (Lipinski definition) is 1. The second-order valence-electron chi connectivity index (χ2n) is 5.03. The normalized spacial score (nSPS) is 12.5. The molecule has 0 aliphatic rings. The van der Waals surface area contributed by atoms with E-state index in [0.717, 1.165) is 25.3 Å². The molecule has 2 aromatic rings. The Kier molecular flexibility index (Phi) is 6.33. The van der Waals surface area contributed by atoms with E-state index in [1.54, 1.807) is 0 Å². The van der Waals surface area contributed by atoms with Crippen LogP contribution in [-0.2, 0) is 6.54 Å². The molecule has 0 bridgehead atoms. The maximum Gasteiger partial charge on any atom is 0.0607 e. The average Bonchev–Trinajstić information content (AvgIpc) is 2.95. The summed E-state index contributed by atoms with van der Waals surface area (Å²) in [5, 5.41) is 8.02. The average molecular weight is 303 g/mol. The maximum atomic E-state index is 4.45. The first-order valence-corrected chi connectivity index (χ1v) is 8.75. The third-order valence-electron chi connectivity index (χ3n) is 3.37. The Bertz CT molecular complexity index is 533. The molecule has 0 saturated heterocycles. The van der Waals surface area contributed by atoms with Gasteiger partial charge in [0.15, 0.2) is 0 Å². The summed E-state index contributed by atoms with van der Waals surface area (Å²) in [6.07, 6.45) is 5.25. The SMILES string of the molecule is CCCn1cc(C(NCC)c2ccc(SCC)cc2)cn1. The number of rotatable bonds is 8. The Morgan fingerprint density at radius 2 is 1.90 bits per heavy atom. The molecule has 1 aromatic heterocycles. The van der Waals surface area contributed by atoms with Gasteiger partial charge in [0.2, 0.25) is 0 Å². The molecular weight excluding hydrogens is 278 g/mol. The standard InChI is InChI=1S/C17H25N3S/c1-4-11-20-13-15(12-19-20)17(18-5-2)14-7-9-16(10-8-14)21-6-3/h7-10,12-13,17-18H,4-6,11H2,1-3H3. The summed E-state index contributed by atoms with van der Waals surface area (Å²) in [6.45, 7) is 8.42. The number of hydrogen-bond acceptors (Lipinski definition) is 3. The minimum atomic E-state index is 0.223. The van der Waals surface area contributed by atoms with Gasteiger partial charge in [-0.3, -0.25) is 4.68 Å². The third kappa shape index (κ3) is 4.35. The van der Waals surface area contributed by atoms with Gasteiger partial charge in [-0.25, -0.2) is 0 Å². The second-order valence-corrected chi connectivity index (χ2v) is 6.37. The zero-order valence-electron chi connectivity index (χ0n) is 13.2. The van der Waals surface area contributed by atoms with Crippen molar-refractivity contribution in [2.45, 2.75) is 44.7 Å². The first kappa shape index (κ1) is 16.1. The summed E-state index contributed by atoms with van der Waals surface area (Å²) >= 11 is 1.88. The lowest BCUT2D eigenvalue weighted by molar-refractivity contribution is 0.597. The molecule has 1 heterocycles. The van der Waals surface area contributed by atoms with Crippen molar-refractivity contribution in [3.8, 4) is 0 Å². The summed E-state index contributed by atoms with van der Waals surface area (Å²) in [4.78, 5) is 1.33. The van der Waals surface area contributed by atoms with Gasteiger partial charge >= 0.3 is 0 Å². The fourth-order valence-corrected chi connectivity index (χ4v) is 3.10. The highest BCUT2D eigenvalue weighted by Gasteiger charge is 2.14. The van der Waals surface area contributed by atoms with E-state index in [0.29, 0.717) is 0 Å². The van der Waals surface area contributed by atoms with Gasteiger partial charge in [-0.05, 0) is 36.4 Å². The van der Waals surface area contributed by atoms with Crippen LogP contribution in [0.4, 0.5) is 0 Å². The molecule has 1 atom stereocenters. The van der Waals surface area contributed by atoms with Gasteiger partial charge in [0.05, 0.1) is 12.2 Å². The van der Waals surface area contributed by atoms with Crippen LogP contribution in [0.2, 0.25) is 0 Å². The van der Waals surface area contributed by atoms with Gasteiger partial charge in [-0.15, -0.1) is 11.8 Å². The Labute approximate surface area is 132 Å². The second kappa shape index (κ2) is 8.25. The lowest BCUT2D eigenvalue weighted by atomic mass is 10.0. The van der Waals surface area contributed by atoms with Crippen molar-refractivity contribution in [2.75, 3.05) is 12.3 Å². The van der Waals surface area contributed by atoms with Gasteiger partial charge < -0.3 is 5.32 Å². The molecule has 1 aromatic carbocycles. The fraction of sp³-hybridized carbons (Fsp3) is 0.471.